The molecule has 5 aromatic rings. The Balaban J connectivity index is 0.00000168. The van der Waals surface area contributed by atoms with Crippen molar-refractivity contribution in [1.82, 2.24) is 0 Å². The molecule has 0 nitrogen and oxygen atoms in total. The quantitative estimate of drug-likeness (QED) is 0.262. The maximum atomic E-state index is 2.55. The molecule has 1 aromatic heterocycles. The van der Waals surface area contributed by atoms with Gasteiger partial charge in [-0.2, -0.15) is 0 Å². The summed E-state index contributed by atoms with van der Waals surface area (Å²) in [6.07, 6.45) is 2.55. The van der Waals surface area contributed by atoms with E-state index in [1.165, 1.54) is 38.7 Å². The zero-order chi connectivity index (χ0) is 24.5. The van der Waals surface area contributed by atoms with Gasteiger partial charge in [0.15, 0.2) is 0 Å². The number of benzene rings is 4. The van der Waals surface area contributed by atoms with Crippen LogP contribution in [0.15, 0.2) is 120 Å². The van der Waals surface area contributed by atoms with E-state index in [9.17, 15) is 0 Å². The van der Waals surface area contributed by atoms with E-state index in [0.717, 1.165) is 8.19 Å². The molecule has 2 unspecified atom stereocenters. The van der Waals surface area contributed by atoms with Gasteiger partial charge in [0.2, 0.25) is 0 Å². The van der Waals surface area contributed by atoms with E-state index < -0.39 is 27.9 Å². The third-order valence-electron chi connectivity index (χ3n) is 7.11. The molecule has 2 atom stereocenters. The van der Waals surface area contributed by atoms with Crippen LogP contribution in [0.2, 0.25) is 13.1 Å². The van der Waals surface area contributed by atoms with Gasteiger partial charge in [-0.05, 0) is 0 Å². The molecule has 0 aliphatic heterocycles. The molecule has 0 spiro atoms. The molecule has 1 aliphatic carbocycles. The van der Waals surface area contributed by atoms with Crippen LogP contribution in [0, 0.1) is 0 Å². The minimum absolute atomic E-state index is 0. The Hall–Kier alpha value is -2.09. The van der Waals surface area contributed by atoms with E-state index in [1.54, 1.807) is 14.4 Å². The van der Waals surface area contributed by atoms with Gasteiger partial charge >= 0.3 is 228 Å². The van der Waals surface area contributed by atoms with Gasteiger partial charge < -0.3 is 24.8 Å². The number of rotatable bonds is 6. The standard InChI is InChI=1S/C22H16P.C11H13Si.2ClH.Ti/c1-4-10-17(11-5-1)20-16-23-22(19-14-8-3-9-15-19)21(20)18-12-6-2-7-13-18;1-12(2)11-7-9-5-3-4-6-10(9)8-11;;;/h1-15,23H;3-8,12H,1-2H3;2*1H;/q;;;;+2/p-2. The molecule has 0 amide bonds. The number of hydrogen-bond donors (Lipinski definition) is 0. The first-order valence-corrected chi connectivity index (χ1v) is 18.3. The van der Waals surface area contributed by atoms with Crippen molar-refractivity contribution in [3.05, 3.63) is 132 Å². The van der Waals surface area contributed by atoms with Gasteiger partial charge in [0.05, 0.1) is 0 Å². The van der Waals surface area contributed by atoms with Crippen LogP contribution in [0.1, 0.15) is 15.3 Å². The Bertz CT molecular complexity index is 1530. The van der Waals surface area contributed by atoms with E-state index in [-0.39, 0.29) is 24.8 Å². The second kappa shape index (κ2) is 12.8. The van der Waals surface area contributed by atoms with Crippen LogP contribution in [0.5, 0.6) is 0 Å². The van der Waals surface area contributed by atoms with Crippen LogP contribution in [0.25, 0.3) is 39.2 Å². The topological polar surface area (TPSA) is 0 Å². The Morgan fingerprint density at radius 1 is 0.605 bits per heavy atom. The second-order valence-electron chi connectivity index (χ2n) is 9.73. The van der Waals surface area contributed by atoms with Crippen LogP contribution in [0.4, 0.5) is 0 Å². The summed E-state index contributed by atoms with van der Waals surface area (Å²) in [5.74, 6) is 0. The fourth-order valence-corrected chi connectivity index (χ4v) is 13.7. The van der Waals surface area contributed by atoms with Crippen molar-refractivity contribution < 1.29 is 44.0 Å². The van der Waals surface area contributed by atoms with E-state index in [2.05, 4.69) is 134 Å². The van der Waals surface area contributed by atoms with Gasteiger partial charge in [-0.1, -0.05) is 0 Å². The third-order valence-corrected chi connectivity index (χ3v) is 14.2. The summed E-state index contributed by atoms with van der Waals surface area (Å²) < 4.78 is 2.35. The molecule has 0 radical (unpaired) electrons. The van der Waals surface area contributed by atoms with Crippen LogP contribution in [-0.2, 0) is 19.2 Å². The maximum absolute atomic E-state index is 2.55. The van der Waals surface area contributed by atoms with E-state index in [1.807, 2.05) is 0 Å². The van der Waals surface area contributed by atoms with Crippen LogP contribution >= 0.6 is 8.19 Å². The second-order valence-corrected chi connectivity index (χ2v) is 16.9. The van der Waals surface area contributed by atoms with Gasteiger partial charge in [0.25, 0.3) is 0 Å². The summed E-state index contributed by atoms with van der Waals surface area (Å²) in [7, 11) is -0.183. The van der Waals surface area contributed by atoms with E-state index in [0.29, 0.717) is 4.22 Å². The Labute approximate surface area is 251 Å². The first-order chi connectivity index (χ1) is 17.7. The largest absolute Gasteiger partial charge is 1.00 e. The minimum atomic E-state index is -0.913. The van der Waals surface area contributed by atoms with Crippen molar-refractivity contribution >= 4 is 26.7 Å². The minimum Gasteiger partial charge on any atom is -1.00 e. The van der Waals surface area contributed by atoms with Gasteiger partial charge in [-0.15, -0.1) is 0 Å². The molecule has 5 heteroatoms. The van der Waals surface area contributed by atoms with Gasteiger partial charge in [-0.25, -0.2) is 0 Å². The predicted molar refractivity (Wildman–Crippen MR) is 158 cm³/mol. The SMILES string of the molecule is C[SiH](C)C1=Cc2ccccc2[CH]1[Ti+2][c]1[pH]c(-c2ccccc2)c(-c2ccccc2)c1-c1ccccc1.[Cl-].[Cl-]. The molecular weight excluding hydrogens is 574 g/mol. The molecule has 0 fully saturated rings. The summed E-state index contributed by atoms with van der Waals surface area (Å²) in [5.41, 5.74) is 10.1. The number of halogens is 2. The zero-order valence-electron chi connectivity index (χ0n) is 21.5. The first-order valence-electron chi connectivity index (χ1n) is 12.7. The fourth-order valence-electron chi connectivity index (χ4n) is 5.37. The Morgan fingerprint density at radius 3 is 1.68 bits per heavy atom. The van der Waals surface area contributed by atoms with Gasteiger partial charge in [0, 0.05) is 0 Å². The van der Waals surface area contributed by atoms with Crippen molar-refractivity contribution in [2.45, 2.75) is 17.3 Å². The van der Waals surface area contributed by atoms with E-state index >= 15 is 0 Å². The molecule has 6 rings (SSSR count). The smallest absolute Gasteiger partial charge is 1.00 e. The molecule has 38 heavy (non-hydrogen) atoms. The molecule has 0 N–H and O–H groups in total. The molecular formula is C33H29Cl2PSiTi. The number of hydrogen-bond acceptors (Lipinski definition) is 0. The molecule has 0 saturated carbocycles. The molecule has 4 aromatic carbocycles. The molecule has 0 saturated heterocycles. The number of fused-ring (bicyclic) bond motifs is 1. The monoisotopic (exact) mass is 602 g/mol. The summed E-state index contributed by atoms with van der Waals surface area (Å²) in [6, 6.07) is 42.5. The average Bonchev–Trinajstić information content (AvgIpc) is 3.50. The maximum Gasteiger partial charge on any atom is -1.00 e. The van der Waals surface area contributed by atoms with Crippen molar-refractivity contribution in [3.63, 3.8) is 0 Å². The zero-order valence-corrected chi connectivity index (χ0v) is 26.7. The van der Waals surface area contributed by atoms with E-state index in [4.69, 9.17) is 0 Å². The molecule has 0 bridgehead atoms. The van der Waals surface area contributed by atoms with Crippen LogP contribution < -0.4 is 28.4 Å². The summed E-state index contributed by atoms with van der Waals surface area (Å²) in [6.45, 7) is 5.01. The fraction of sp³-hybridized carbons (Fsp3) is 0.0909. The summed E-state index contributed by atoms with van der Waals surface area (Å²) >= 11 is -0.414. The molecule has 1 heterocycles. The Kier molecular flexibility index (Phi) is 9.77. The summed E-state index contributed by atoms with van der Waals surface area (Å²) in [4.78, 5) is 0. The first kappa shape index (κ1) is 28.9. The summed E-state index contributed by atoms with van der Waals surface area (Å²) in [5, 5.41) is 3.27. The van der Waals surface area contributed by atoms with Crippen molar-refractivity contribution in [1.29, 1.82) is 0 Å². The van der Waals surface area contributed by atoms with Crippen molar-refractivity contribution in [2.24, 2.45) is 0 Å². The van der Waals surface area contributed by atoms with Gasteiger partial charge in [-0.3, -0.25) is 0 Å². The Morgan fingerprint density at radius 2 is 1.11 bits per heavy atom. The van der Waals surface area contributed by atoms with Crippen LogP contribution in [-0.4, -0.2) is 8.80 Å². The normalized spacial score (nSPS) is 13.9. The number of allylic oxidation sites excluding steroid dienone is 1. The van der Waals surface area contributed by atoms with Crippen LogP contribution in [0.3, 0.4) is 0 Å². The average molecular weight is 603 g/mol. The molecule has 1 aliphatic rings. The van der Waals surface area contributed by atoms with Gasteiger partial charge in [0.1, 0.15) is 0 Å². The van der Waals surface area contributed by atoms with Crippen molar-refractivity contribution in [2.75, 3.05) is 0 Å². The van der Waals surface area contributed by atoms with Crippen molar-refractivity contribution in [3.8, 4) is 33.1 Å². The molecule has 188 valence electrons. The third kappa shape index (κ3) is 5.61. The predicted octanol–water partition coefficient (Wildman–Crippen LogP) is 2.60.